The number of aromatic amines is 2. The Bertz CT molecular complexity index is 2900. The average Bonchev–Trinajstić information content (AvgIpc) is 1.66. The molecule has 4 bridgehead atoms. The van der Waals surface area contributed by atoms with Gasteiger partial charge in [0.05, 0.1) is 54.6 Å². The van der Waals surface area contributed by atoms with Gasteiger partial charge in [-0.2, -0.15) is 0 Å². The number of ether oxygens (including phenoxy) is 2. The van der Waals surface area contributed by atoms with Gasteiger partial charge < -0.3 is 82.0 Å². The standard InChI is InChI=1S/C65H96N8O12/c1-59(30-74)21-22-63(58(82)83)40(25-59)38-14-15-46-61(3)20-16-45-60(2,31-75)53(85-56-52(79)50(77)44(76)29-84-56)51(78)48(65(45,46)35-11-5-6-12-35)36(13-7-8-19-64(38,61)39-24-42-55(72-33-71-42)69-27-41(39)63)47-49(73-57(81)62(47)17-9-10-18-62)37(43-28-68-32-70-43)23-34(26-67-4)54(66)80/h14,28,32-37,39-41,44-54,56,67,69,74-80H,5-6,8-12,15-27,29-31,66H2,1-4H3,(H,68,70)(H,71,72)(H,73,81)(H,82,83)/t34-,36-,37-,39-,40-,41-,44+,45+,46-,47-,48-,49+,50-,51+,52+,53+,54-,56-,59-,60-,61+,63+,64-,65-/m0/s1. The molecule has 20 nitrogen and oxygen atoms in total. The highest BCUT2D eigenvalue weighted by atomic mass is 16.7. The van der Waals surface area contributed by atoms with Crippen molar-refractivity contribution >= 4 is 17.7 Å². The number of H-pyrrole nitrogens is 2. The zero-order chi connectivity index (χ0) is 59.8. The Balaban J connectivity index is 1.09. The first-order valence-corrected chi connectivity index (χ1v) is 32.5. The fraction of sp³-hybridized carbons (Fsp3) is 0.815. The van der Waals surface area contributed by atoms with Gasteiger partial charge in [0.25, 0.3) is 0 Å². The third-order valence-corrected chi connectivity index (χ3v) is 26.7. The molecule has 2 saturated heterocycles. The van der Waals surface area contributed by atoms with Gasteiger partial charge >= 0.3 is 5.97 Å². The van der Waals surface area contributed by atoms with Gasteiger partial charge in [0.2, 0.25) is 5.91 Å². The quantitative estimate of drug-likeness (QED) is 0.0551. The van der Waals surface area contributed by atoms with Crippen LogP contribution in [-0.2, 0) is 25.5 Å². The lowest BCUT2D eigenvalue weighted by atomic mass is 9.26. The van der Waals surface area contributed by atoms with Gasteiger partial charge in [0.15, 0.2) is 6.29 Å². The minimum atomic E-state index is -1.69. The van der Waals surface area contributed by atoms with Gasteiger partial charge in [0.1, 0.15) is 30.4 Å². The molecule has 8 fully saturated rings. The molecule has 2 aromatic rings. The normalized spacial score (nSPS) is 46.4. The highest BCUT2D eigenvalue weighted by Crippen LogP contribution is 2.83. The molecule has 468 valence electrons. The first-order valence-electron chi connectivity index (χ1n) is 32.5. The van der Waals surface area contributed by atoms with Crippen LogP contribution in [0.1, 0.15) is 147 Å². The number of nitrogens with zero attached hydrogens (tertiary/aromatic N) is 2. The molecule has 3 aliphatic heterocycles. The molecule has 0 unspecified atom stereocenters. The Labute approximate surface area is 499 Å². The first kappa shape index (κ1) is 60.0. The van der Waals surface area contributed by atoms with E-state index in [0.717, 1.165) is 55.7 Å². The number of aliphatic carboxylic acids is 1. The zero-order valence-corrected chi connectivity index (χ0v) is 50.2. The van der Waals surface area contributed by atoms with E-state index in [4.69, 9.17) is 20.2 Å². The molecule has 5 heterocycles. The smallest absolute Gasteiger partial charge is 0.310 e. The first-order chi connectivity index (χ1) is 40.8. The largest absolute Gasteiger partial charge is 0.481 e. The number of aromatic nitrogens is 4. The maximum absolute atomic E-state index is 15.7. The number of amides is 1. The Morgan fingerprint density at radius 1 is 0.929 bits per heavy atom. The Hall–Kier alpha value is -3.98. The zero-order valence-electron chi connectivity index (χ0n) is 50.2. The number of carboxylic acid groups (broad SMARTS) is 1. The Morgan fingerprint density at radius 3 is 2.40 bits per heavy atom. The van der Waals surface area contributed by atoms with E-state index in [9.17, 15) is 45.6 Å². The predicted molar refractivity (Wildman–Crippen MR) is 312 cm³/mol. The number of rotatable bonds is 14. The summed E-state index contributed by atoms with van der Waals surface area (Å²) in [5, 5.41) is 106. The molecule has 1 amide bonds. The fourth-order valence-electron chi connectivity index (χ4n) is 23.2. The number of hydrogen-bond acceptors (Lipinski definition) is 16. The summed E-state index contributed by atoms with van der Waals surface area (Å²) in [6, 6.07) is -0.583. The van der Waals surface area contributed by atoms with Crippen molar-refractivity contribution < 1.29 is 59.9 Å². The van der Waals surface area contributed by atoms with Crippen LogP contribution in [0.5, 0.6) is 0 Å². The topological polar surface area (TPSA) is 334 Å². The van der Waals surface area contributed by atoms with Crippen molar-refractivity contribution in [3.8, 4) is 11.8 Å². The van der Waals surface area contributed by atoms with Gasteiger partial charge in [-0.15, -0.1) is 5.92 Å². The van der Waals surface area contributed by atoms with E-state index in [1.165, 1.54) is 5.57 Å². The summed E-state index contributed by atoms with van der Waals surface area (Å²) in [6.45, 7) is 6.70. The van der Waals surface area contributed by atoms with Crippen LogP contribution < -0.4 is 21.7 Å². The Morgan fingerprint density at radius 2 is 1.71 bits per heavy atom. The summed E-state index contributed by atoms with van der Waals surface area (Å²) in [4.78, 5) is 46.8. The molecule has 2 aromatic heterocycles. The van der Waals surface area contributed by atoms with Crippen molar-refractivity contribution in [2.75, 3.05) is 45.3 Å². The van der Waals surface area contributed by atoms with Crippen molar-refractivity contribution in [1.29, 1.82) is 0 Å². The van der Waals surface area contributed by atoms with Crippen LogP contribution in [0.3, 0.4) is 0 Å². The predicted octanol–water partition coefficient (Wildman–Crippen LogP) is 3.93. The van der Waals surface area contributed by atoms with Crippen molar-refractivity contribution in [3.05, 3.63) is 41.9 Å². The van der Waals surface area contributed by atoms with E-state index < -0.39 is 135 Å². The number of fused-ring (bicyclic) bond motifs is 5. The van der Waals surface area contributed by atoms with Gasteiger partial charge in [-0.25, -0.2) is 9.97 Å². The third-order valence-electron chi connectivity index (χ3n) is 26.7. The highest BCUT2D eigenvalue weighted by Gasteiger charge is 2.81. The molecule has 0 aromatic carbocycles. The molecule has 0 radical (unpaired) electrons. The fourth-order valence-corrected chi connectivity index (χ4v) is 23.2. The van der Waals surface area contributed by atoms with Gasteiger partial charge in [-0.05, 0) is 142 Å². The lowest BCUT2D eigenvalue weighted by Gasteiger charge is -2.78. The SMILES string of the molecule is CNC[C@H](C[C@@H](c1cnc[nH]1)[C@H]1NC(=O)C2(CCCC2)[C@H]1[C@@H]1C#CCC[C@@]23C(=CC[C@@H]4[C@@]5(C6CCCC6)[C@@H]1[C@@H](O)[C@@H](O[C@@H]1OC[C@@H](O)[C@H](O)[C@H]1O)[C@@](C)(CO)[C@H]5CC[C@]42C)[C@@H]1C[C@@](C)(CO)CC[C@]1(C(=O)O)[C@H]1CNc2nc[nH]c2C[C@@H]13)[C@@H](N)O. The highest BCUT2D eigenvalue weighted by molar-refractivity contribution is 5.86. The molecule has 6 saturated carbocycles. The van der Waals surface area contributed by atoms with Gasteiger partial charge in [-0.1, -0.05) is 64.0 Å². The van der Waals surface area contributed by atoms with Crippen LogP contribution in [0.25, 0.3) is 0 Å². The maximum atomic E-state index is 15.7. The lowest BCUT2D eigenvalue weighted by molar-refractivity contribution is -0.354. The number of nitrogens with two attached hydrogens (primary N) is 1. The van der Waals surface area contributed by atoms with Gasteiger partial charge in [0, 0.05) is 84.5 Å². The molecular formula is C65H96N8O12. The number of aliphatic hydroxyl groups excluding tert-OH is 7. The number of carboxylic acids is 1. The minimum absolute atomic E-state index is 0.00322. The number of anilines is 1. The maximum Gasteiger partial charge on any atom is 0.310 e. The van der Waals surface area contributed by atoms with Crippen LogP contribution in [0.15, 0.2) is 30.5 Å². The number of hydrogen-bond donors (Lipinski definition) is 14. The summed E-state index contributed by atoms with van der Waals surface area (Å²) >= 11 is 0. The van der Waals surface area contributed by atoms with E-state index in [0.29, 0.717) is 90.1 Å². The summed E-state index contributed by atoms with van der Waals surface area (Å²) in [5.74, 6) is 3.61. The van der Waals surface area contributed by atoms with E-state index in [1.807, 2.05) is 14.0 Å². The third kappa shape index (κ3) is 8.46. The second kappa shape index (κ2) is 21.9. The van der Waals surface area contributed by atoms with Crippen LogP contribution in [-0.4, -0.2) is 162 Å². The number of imidazole rings is 2. The van der Waals surface area contributed by atoms with Crippen molar-refractivity contribution in [2.45, 2.75) is 191 Å². The average molecular weight is 1180 g/mol. The molecule has 11 aliphatic rings. The van der Waals surface area contributed by atoms with Crippen LogP contribution in [0.2, 0.25) is 0 Å². The van der Waals surface area contributed by atoms with E-state index in [1.54, 1.807) is 18.9 Å². The van der Waals surface area contributed by atoms with E-state index >= 15 is 4.79 Å². The lowest BCUT2D eigenvalue weighted by Crippen LogP contribution is -2.77. The second-order valence-electron chi connectivity index (χ2n) is 29.9. The monoisotopic (exact) mass is 1180 g/mol. The number of allylic oxidation sites excluding steroid dienone is 2. The molecular weight excluding hydrogens is 1080 g/mol. The van der Waals surface area contributed by atoms with Gasteiger partial charge in [-0.3, -0.25) is 9.59 Å². The molecule has 2 spiro atoms. The van der Waals surface area contributed by atoms with Crippen molar-refractivity contribution in [2.24, 2.45) is 103 Å². The molecule has 13 rings (SSSR count). The number of nitrogens with one attached hydrogen (secondary N) is 5. The van der Waals surface area contributed by atoms with Crippen molar-refractivity contribution in [1.82, 2.24) is 30.6 Å². The molecule has 15 N–H and O–H groups in total. The Kier molecular flexibility index (Phi) is 15.5. The number of carbonyl (C=O) groups is 2. The molecule has 85 heavy (non-hydrogen) atoms. The summed E-state index contributed by atoms with van der Waals surface area (Å²) in [6.07, 6.45) is 9.59. The van der Waals surface area contributed by atoms with Crippen LogP contribution >= 0.6 is 0 Å². The summed E-state index contributed by atoms with van der Waals surface area (Å²) in [5.41, 5.74) is 3.52. The van der Waals surface area contributed by atoms with E-state index in [-0.39, 0.29) is 48.7 Å². The molecule has 20 heteroatoms. The van der Waals surface area contributed by atoms with Crippen LogP contribution in [0, 0.1) is 109 Å². The summed E-state index contributed by atoms with van der Waals surface area (Å²) < 4.78 is 13.2. The van der Waals surface area contributed by atoms with E-state index in [2.05, 4.69) is 62.7 Å². The number of carbonyl (C=O) groups excluding carboxylic acids is 1. The molecule has 24 atom stereocenters. The second-order valence-corrected chi connectivity index (χ2v) is 29.9. The van der Waals surface area contributed by atoms with Crippen LogP contribution in [0.4, 0.5) is 5.82 Å². The molecule has 8 aliphatic carbocycles. The minimum Gasteiger partial charge on any atom is -0.481 e. The summed E-state index contributed by atoms with van der Waals surface area (Å²) in [7, 11) is 1.83. The van der Waals surface area contributed by atoms with Crippen molar-refractivity contribution in [3.63, 3.8) is 0 Å². The number of aliphatic hydroxyl groups is 7.